The van der Waals surface area contributed by atoms with Gasteiger partial charge < -0.3 is 10.4 Å². The van der Waals surface area contributed by atoms with Gasteiger partial charge in [-0.1, -0.05) is 20.8 Å². The summed E-state index contributed by atoms with van der Waals surface area (Å²) in [5.41, 5.74) is -0.367. The Morgan fingerprint density at radius 3 is 1.95 bits per heavy atom. The number of nitrogens with one attached hydrogen (secondary N) is 1. The summed E-state index contributed by atoms with van der Waals surface area (Å²) in [6.45, 7) is 10.3. The van der Waals surface area contributed by atoms with E-state index in [1.807, 2.05) is 0 Å². The maximum Gasteiger partial charge on any atom is 0.305 e. The zero-order valence-corrected chi connectivity index (χ0v) is 13.5. The lowest BCUT2D eigenvalue weighted by atomic mass is 9.69. The van der Waals surface area contributed by atoms with Crippen molar-refractivity contribution < 1.29 is 14.7 Å². The number of aliphatic carboxylic acids is 1. The molecule has 0 unspecified atom stereocenters. The van der Waals surface area contributed by atoms with Gasteiger partial charge in [0, 0.05) is 11.5 Å². The third kappa shape index (κ3) is 5.14. The molecular weight excluding hydrogens is 254 g/mol. The summed E-state index contributed by atoms with van der Waals surface area (Å²) in [6.07, 6.45) is 3.95. The van der Waals surface area contributed by atoms with Crippen LogP contribution in [0.25, 0.3) is 0 Å². The van der Waals surface area contributed by atoms with Crippen LogP contribution in [-0.4, -0.2) is 22.5 Å². The Bertz CT molecular complexity index is 360. The zero-order chi connectivity index (χ0) is 15.6. The average Bonchev–Trinajstić information content (AvgIpc) is 2.25. The van der Waals surface area contributed by atoms with Crippen LogP contribution in [0.4, 0.5) is 0 Å². The fourth-order valence-corrected chi connectivity index (χ4v) is 3.08. The number of hydrogen-bond donors (Lipinski definition) is 2. The molecule has 4 nitrogen and oxygen atoms in total. The maximum absolute atomic E-state index is 12.2. The first-order chi connectivity index (χ1) is 9.01. The minimum Gasteiger partial charge on any atom is -0.481 e. The van der Waals surface area contributed by atoms with E-state index in [1.165, 1.54) is 0 Å². The number of rotatable bonds is 4. The molecule has 0 radical (unpaired) electrons. The smallest absolute Gasteiger partial charge is 0.305 e. The van der Waals surface area contributed by atoms with Crippen LogP contribution >= 0.6 is 0 Å². The van der Waals surface area contributed by atoms with Crippen molar-refractivity contribution in [3.05, 3.63) is 0 Å². The van der Waals surface area contributed by atoms with E-state index in [4.69, 9.17) is 5.11 Å². The van der Waals surface area contributed by atoms with Crippen LogP contribution < -0.4 is 5.32 Å². The first-order valence-corrected chi connectivity index (χ1v) is 7.55. The van der Waals surface area contributed by atoms with Gasteiger partial charge in [0.25, 0.3) is 0 Å². The predicted molar refractivity (Wildman–Crippen MR) is 79.4 cm³/mol. The van der Waals surface area contributed by atoms with Crippen molar-refractivity contribution in [2.45, 2.75) is 72.3 Å². The monoisotopic (exact) mass is 283 g/mol. The molecule has 0 spiro atoms. The second kappa shape index (κ2) is 6.15. The van der Waals surface area contributed by atoms with E-state index in [1.54, 1.807) is 13.8 Å². The normalized spacial score (nSPS) is 24.2. The second-order valence-electron chi connectivity index (χ2n) is 7.86. The van der Waals surface area contributed by atoms with Crippen LogP contribution in [0.3, 0.4) is 0 Å². The van der Waals surface area contributed by atoms with Gasteiger partial charge in [0.05, 0.1) is 6.42 Å². The molecule has 1 fully saturated rings. The van der Waals surface area contributed by atoms with Crippen molar-refractivity contribution in [1.29, 1.82) is 0 Å². The van der Waals surface area contributed by atoms with E-state index < -0.39 is 11.5 Å². The molecule has 0 aromatic carbocycles. The lowest BCUT2D eigenvalue weighted by molar-refractivity contribution is -0.139. The Morgan fingerprint density at radius 2 is 1.55 bits per heavy atom. The van der Waals surface area contributed by atoms with Crippen LogP contribution in [0.1, 0.15) is 66.7 Å². The number of carboxylic acids is 1. The average molecular weight is 283 g/mol. The Balaban J connectivity index is 2.49. The third-order valence-corrected chi connectivity index (χ3v) is 4.38. The highest BCUT2D eigenvalue weighted by Gasteiger charge is 2.34. The number of amides is 1. The standard InChI is InChI=1S/C16H29NO3/c1-15(2,3)12-8-6-11(7-9-12)14(20)17-16(4,5)10-13(18)19/h11-12H,6-10H2,1-5H3,(H,17,20)(H,18,19). The highest BCUT2D eigenvalue weighted by molar-refractivity contribution is 5.80. The fourth-order valence-electron chi connectivity index (χ4n) is 3.08. The molecule has 0 saturated heterocycles. The molecule has 1 aliphatic carbocycles. The minimum absolute atomic E-state index is 0.0172. The molecule has 4 heteroatoms. The molecule has 0 bridgehead atoms. The molecule has 116 valence electrons. The van der Waals surface area contributed by atoms with Gasteiger partial charge in [-0.25, -0.2) is 0 Å². The Hall–Kier alpha value is -1.06. The van der Waals surface area contributed by atoms with Gasteiger partial charge in [-0.15, -0.1) is 0 Å². The van der Waals surface area contributed by atoms with Gasteiger partial charge >= 0.3 is 5.97 Å². The summed E-state index contributed by atoms with van der Waals surface area (Å²) in [5, 5.41) is 11.7. The third-order valence-electron chi connectivity index (χ3n) is 4.38. The van der Waals surface area contributed by atoms with Gasteiger partial charge in [0.1, 0.15) is 0 Å². The molecule has 1 amide bonds. The maximum atomic E-state index is 12.2. The van der Waals surface area contributed by atoms with Gasteiger partial charge in [-0.3, -0.25) is 9.59 Å². The number of carbonyl (C=O) groups excluding carboxylic acids is 1. The molecule has 0 aliphatic heterocycles. The summed E-state index contributed by atoms with van der Waals surface area (Å²) in [5.74, 6) is -0.143. The van der Waals surface area contributed by atoms with E-state index in [9.17, 15) is 9.59 Å². The summed E-state index contributed by atoms with van der Waals surface area (Å²) in [6, 6.07) is 0. The van der Waals surface area contributed by atoms with Crippen LogP contribution in [0.15, 0.2) is 0 Å². The second-order valence-corrected chi connectivity index (χ2v) is 7.86. The molecule has 0 aromatic heterocycles. The van der Waals surface area contributed by atoms with Crippen molar-refractivity contribution in [2.75, 3.05) is 0 Å². The lowest BCUT2D eigenvalue weighted by Crippen LogP contribution is -2.48. The van der Waals surface area contributed by atoms with Gasteiger partial charge in [-0.2, -0.15) is 0 Å². The van der Waals surface area contributed by atoms with E-state index in [0.29, 0.717) is 11.3 Å². The Kier molecular flexibility index (Phi) is 5.22. The minimum atomic E-state index is -0.883. The lowest BCUT2D eigenvalue weighted by Gasteiger charge is -2.37. The van der Waals surface area contributed by atoms with Crippen LogP contribution in [0.5, 0.6) is 0 Å². The van der Waals surface area contributed by atoms with Crippen molar-refractivity contribution in [3.8, 4) is 0 Å². The van der Waals surface area contributed by atoms with Crippen LogP contribution in [-0.2, 0) is 9.59 Å². The first-order valence-electron chi connectivity index (χ1n) is 7.55. The van der Waals surface area contributed by atoms with Gasteiger partial charge in [0.15, 0.2) is 0 Å². The SMILES string of the molecule is CC(C)(CC(=O)O)NC(=O)C1CCC(C(C)(C)C)CC1. The summed E-state index contributed by atoms with van der Waals surface area (Å²) in [4.78, 5) is 23.0. The van der Waals surface area contributed by atoms with Crippen molar-refractivity contribution in [3.63, 3.8) is 0 Å². The molecule has 0 aromatic rings. The number of carboxylic acid groups (broad SMARTS) is 1. The molecule has 2 N–H and O–H groups in total. The first kappa shape index (κ1) is 17.0. The molecule has 0 atom stereocenters. The van der Waals surface area contributed by atoms with E-state index in [0.717, 1.165) is 25.7 Å². The molecular formula is C16H29NO3. The summed E-state index contributed by atoms with van der Waals surface area (Å²) >= 11 is 0. The molecule has 1 saturated carbocycles. The number of hydrogen-bond acceptors (Lipinski definition) is 2. The Morgan fingerprint density at radius 1 is 1.05 bits per heavy atom. The molecule has 0 heterocycles. The zero-order valence-electron chi connectivity index (χ0n) is 13.5. The summed E-state index contributed by atoms with van der Waals surface area (Å²) < 4.78 is 0. The van der Waals surface area contributed by atoms with Gasteiger partial charge in [0.2, 0.25) is 5.91 Å². The topological polar surface area (TPSA) is 66.4 Å². The summed E-state index contributed by atoms with van der Waals surface area (Å²) in [7, 11) is 0. The van der Waals surface area contributed by atoms with Crippen molar-refractivity contribution in [1.82, 2.24) is 5.32 Å². The quantitative estimate of drug-likeness (QED) is 0.832. The van der Waals surface area contributed by atoms with E-state index >= 15 is 0 Å². The molecule has 1 aliphatic rings. The van der Waals surface area contributed by atoms with Gasteiger partial charge in [-0.05, 0) is 50.9 Å². The van der Waals surface area contributed by atoms with Crippen molar-refractivity contribution >= 4 is 11.9 Å². The molecule has 1 rings (SSSR count). The van der Waals surface area contributed by atoms with Crippen LogP contribution in [0.2, 0.25) is 0 Å². The predicted octanol–water partition coefficient (Wildman–Crippen LogP) is 3.21. The molecule has 20 heavy (non-hydrogen) atoms. The van der Waals surface area contributed by atoms with E-state index in [2.05, 4.69) is 26.1 Å². The van der Waals surface area contributed by atoms with Crippen LogP contribution in [0, 0.1) is 17.3 Å². The Labute approximate surface area is 122 Å². The number of carbonyl (C=O) groups is 2. The highest BCUT2D eigenvalue weighted by atomic mass is 16.4. The van der Waals surface area contributed by atoms with E-state index in [-0.39, 0.29) is 18.2 Å². The van der Waals surface area contributed by atoms with Crippen molar-refractivity contribution in [2.24, 2.45) is 17.3 Å². The fraction of sp³-hybridized carbons (Fsp3) is 0.875. The largest absolute Gasteiger partial charge is 0.481 e. The highest BCUT2D eigenvalue weighted by Crippen LogP contribution is 2.39.